The molecule has 0 aliphatic rings. The fourth-order valence-electron chi connectivity index (χ4n) is 2.98. The standard InChI is InChI=1S/C22H27NO2S/c1-4-18-13-17(14-19(5-2)22(18)25)8-11-21(26)23-15(3)12-16-6-9-20(24)10-7-16/h6-7,9-10,13-14,24-25H,4-5,8,11-12H2,1-3H3. The first-order chi connectivity index (χ1) is 12.4. The first-order valence-corrected chi connectivity index (χ1v) is 9.52. The summed E-state index contributed by atoms with van der Waals surface area (Å²) in [6.45, 7) is 6.09. The van der Waals surface area contributed by atoms with Crippen LogP contribution in [0.2, 0.25) is 0 Å². The maximum Gasteiger partial charge on any atom is 0.121 e. The van der Waals surface area contributed by atoms with Crippen molar-refractivity contribution in [2.24, 2.45) is 4.99 Å². The highest BCUT2D eigenvalue weighted by Gasteiger charge is 2.08. The number of hydrogen-bond acceptors (Lipinski definition) is 3. The smallest absolute Gasteiger partial charge is 0.121 e. The Bertz CT molecular complexity index is 769. The van der Waals surface area contributed by atoms with E-state index in [-0.39, 0.29) is 5.75 Å². The van der Waals surface area contributed by atoms with E-state index in [0.717, 1.165) is 54.5 Å². The lowest BCUT2D eigenvalue weighted by Crippen LogP contribution is -2.03. The van der Waals surface area contributed by atoms with Crippen LogP contribution in [0.3, 0.4) is 0 Å². The summed E-state index contributed by atoms with van der Waals surface area (Å²) in [4.78, 5) is 5.25. The highest BCUT2D eigenvalue weighted by Crippen LogP contribution is 2.26. The average molecular weight is 370 g/mol. The largest absolute Gasteiger partial charge is 0.508 e. The van der Waals surface area contributed by atoms with Crippen molar-refractivity contribution in [3.63, 3.8) is 0 Å². The summed E-state index contributed by atoms with van der Waals surface area (Å²) >= 11 is 5.44. The summed E-state index contributed by atoms with van der Waals surface area (Å²) in [7, 11) is 0. The number of aryl methyl sites for hydroxylation is 3. The van der Waals surface area contributed by atoms with E-state index < -0.39 is 0 Å². The molecule has 0 saturated heterocycles. The van der Waals surface area contributed by atoms with E-state index in [1.54, 1.807) is 12.1 Å². The minimum atomic E-state index is 0.269. The number of phenols is 2. The Hall–Kier alpha value is -2.20. The van der Waals surface area contributed by atoms with Crippen LogP contribution in [0.25, 0.3) is 0 Å². The summed E-state index contributed by atoms with van der Waals surface area (Å²) < 4.78 is 0. The van der Waals surface area contributed by atoms with Crippen molar-refractivity contribution < 1.29 is 10.2 Å². The zero-order chi connectivity index (χ0) is 19.1. The molecular weight excluding hydrogens is 342 g/mol. The van der Waals surface area contributed by atoms with E-state index in [4.69, 9.17) is 12.2 Å². The fourth-order valence-corrected chi connectivity index (χ4v) is 3.24. The maximum atomic E-state index is 10.2. The van der Waals surface area contributed by atoms with E-state index in [9.17, 15) is 10.2 Å². The molecule has 0 spiro atoms. The molecular formula is C22H27NO2S. The van der Waals surface area contributed by atoms with Gasteiger partial charge in [-0.3, -0.25) is 4.99 Å². The fraction of sp³-hybridized carbons (Fsp3) is 0.364. The van der Waals surface area contributed by atoms with Crippen molar-refractivity contribution in [3.8, 4) is 11.5 Å². The van der Waals surface area contributed by atoms with Crippen molar-refractivity contribution in [1.29, 1.82) is 0 Å². The Morgan fingerprint density at radius 3 is 2.08 bits per heavy atom. The molecule has 4 heteroatoms. The van der Waals surface area contributed by atoms with Crippen LogP contribution >= 0.6 is 12.2 Å². The van der Waals surface area contributed by atoms with Gasteiger partial charge in [0, 0.05) is 18.6 Å². The molecule has 0 saturated carbocycles. The Labute approximate surface area is 161 Å². The van der Waals surface area contributed by atoms with Crippen LogP contribution in [-0.4, -0.2) is 20.9 Å². The number of hydrogen-bond donors (Lipinski definition) is 2. The predicted octanol–water partition coefficient (Wildman–Crippen LogP) is 5.19. The van der Waals surface area contributed by atoms with Gasteiger partial charge in [0.25, 0.3) is 0 Å². The van der Waals surface area contributed by atoms with E-state index in [1.165, 1.54) is 5.56 Å². The monoisotopic (exact) mass is 369 g/mol. The Kier molecular flexibility index (Phi) is 7.34. The average Bonchev–Trinajstić information content (AvgIpc) is 2.62. The van der Waals surface area contributed by atoms with Gasteiger partial charge in [-0.05, 0) is 60.6 Å². The Morgan fingerprint density at radius 1 is 0.962 bits per heavy atom. The lowest BCUT2D eigenvalue weighted by Gasteiger charge is -2.11. The minimum absolute atomic E-state index is 0.269. The van der Waals surface area contributed by atoms with E-state index in [2.05, 4.69) is 31.0 Å². The Morgan fingerprint density at radius 2 is 1.54 bits per heavy atom. The third-order valence-electron chi connectivity index (χ3n) is 4.43. The predicted molar refractivity (Wildman–Crippen MR) is 113 cm³/mol. The number of thiocarbonyl (C=S) groups is 1. The van der Waals surface area contributed by atoms with Crippen LogP contribution in [0.5, 0.6) is 11.5 Å². The molecule has 0 fully saturated rings. The topological polar surface area (TPSA) is 52.8 Å². The van der Waals surface area contributed by atoms with Crippen molar-refractivity contribution in [3.05, 3.63) is 58.7 Å². The molecule has 0 aliphatic heterocycles. The maximum absolute atomic E-state index is 10.2. The van der Waals surface area contributed by atoms with E-state index in [1.807, 2.05) is 19.1 Å². The van der Waals surface area contributed by atoms with Gasteiger partial charge < -0.3 is 10.2 Å². The first-order valence-electron chi connectivity index (χ1n) is 9.11. The van der Waals surface area contributed by atoms with Crippen LogP contribution in [0.4, 0.5) is 0 Å². The van der Waals surface area contributed by atoms with Gasteiger partial charge in [-0.1, -0.05) is 50.3 Å². The third-order valence-corrected chi connectivity index (χ3v) is 4.72. The van der Waals surface area contributed by atoms with Gasteiger partial charge in [-0.25, -0.2) is 0 Å². The van der Waals surface area contributed by atoms with Crippen LogP contribution in [0.15, 0.2) is 41.4 Å². The molecule has 26 heavy (non-hydrogen) atoms. The quantitative estimate of drug-likeness (QED) is 0.522. The molecule has 2 aromatic rings. The second-order valence-corrected chi connectivity index (χ2v) is 7.03. The molecule has 2 N–H and O–H groups in total. The second-order valence-electron chi connectivity index (χ2n) is 6.55. The summed E-state index contributed by atoms with van der Waals surface area (Å²) in [6, 6.07) is 11.3. The molecule has 0 atom stereocenters. The van der Waals surface area contributed by atoms with E-state index in [0.29, 0.717) is 10.7 Å². The zero-order valence-corrected chi connectivity index (χ0v) is 16.6. The molecule has 2 rings (SSSR count). The number of nitrogens with zero attached hydrogens (tertiary/aromatic N) is 1. The molecule has 0 bridgehead atoms. The second kappa shape index (κ2) is 9.48. The SMILES string of the molecule is CCc1cc(CCC(=S)N=C(C)Cc2ccc(O)cc2)cc(CC)c1O. The van der Waals surface area contributed by atoms with Gasteiger partial charge in [0.15, 0.2) is 0 Å². The molecule has 138 valence electrons. The number of phenolic OH excluding ortho intramolecular Hbond substituents is 2. The zero-order valence-electron chi connectivity index (χ0n) is 15.7. The molecule has 0 aromatic heterocycles. The van der Waals surface area contributed by atoms with Crippen molar-refractivity contribution in [2.75, 3.05) is 0 Å². The lowest BCUT2D eigenvalue weighted by molar-refractivity contribution is 0.462. The number of aliphatic imine (C=N–C) groups is 1. The number of rotatable bonds is 7. The van der Waals surface area contributed by atoms with Crippen LogP contribution in [0, 0.1) is 0 Å². The normalized spacial score (nSPS) is 11.6. The number of benzene rings is 2. The van der Waals surface area contributed by atoms with Gasteiger partial charge in [0.1, 0.15) is 16.5 Å². The van der Waals surface area contributed by atoms with Gasteiger partial charge in [-0.15, -0.1) is 0 Å². The van der Waals surface area contributed by atoms with Crippen LogP contribution < -0.4 is 0 Å². The molecule has 2 aromatic carbocycles. The van der Waals surface area contributed by atoms with Crippen molar-refractivity contribution >= 4 is 22.9 Å². The molecule has 0 radical (unpaired) electrons. The molecule has 0 unspecified atom stereocenters. The van der Waals surface area contributed by atoms with Gasteiger partial charge in [0.2, 0.25) is 0 Å². The van der Waals surface area contributed by atoms with Crippen molar-refractivity contribution in [2.45, 2.75) is 52.9 Å². The van der Waals surface area contributed by atoms with Gasteiger partial charge in [0.05, 0.1) is 0 Å². The first kappa shape index (κ1) is 20.1. The minimum Gasteiger partial charge on any atom is -0.508 e. The van der Waals surface area contributed by atoms with Crippen molar-refractivity contribution in [1.82, 2.24) is 0 Å². The summed E-state index contributed by atoms with van der Waals surface area (Å²) in [5, 5.41) is 19.5. The third kappa shape index (κ3) is 5.67. The summed E-state index contributed by atoms with van der Waals surface area (Å²) in [5.74, 6) is 0.703. The highest BCUT2D eigenvalue weighted by molar-refractivity contribution is 7.80. The molecule has 0 aliphatic carbocycles. The summed E-state index contributed by atoms with van der Waals surface area (Å²) in [6.07, 6.45) is 3.91. The lowest BCUT2D eigenvalue weighted by atomic mass is 9.98. The summed E-state index contributed by atoms with van der Waals surface area (Å²) in [5.41, 5.74) is 5.26. The number of aromatic hydroxyl groups is 2. The Balaban J connectivity index is 1.98. The van der Waals surface area contributed by atoms with Crippen LogP contribution in [-0.2, 0) is 25.7 Å². The van der Waals surface area contributed by atoms with E-state index >= 15 is 0 Å². The molecule has 0 amide bonds. The van der Waals surface area contributed by atoms with Crippen LogP contribution in [0.1, 0.15) is 49.4 Å². The molecule has 3 nitrogen and oxygen atoms in total. The van der Waals surface area contributed by atoms with Gasteiger partial charge in [-0.2, -0.15) is 0 Å². The van der Waals surface area contributed by atoms with Gasteiger partial charge >= 0.3 is 0 Å². The highest BCUT2D eigenvalue weighted by atomic mass is 32.1. The molecule has 0 heterocycles.